The molecule has 1 N–H and O–H groups in total. The zero-order chi connectivity index (χ0) is 13.1. The highest BCUT2D eigenvalue weighted by molar-refractivity contribution is 9.11. The highest BCUT2D eigenvalue weighted by Crippen LogP contribution is 2.34. The highest BCUT2D eigenvalue weighted by atomic mass is 79.9. The van der Waals surface area contributed by atoms with Gasteiger partial charge in [0.05, 0.1) is 17.9 Å². The van der Waals surface area contributed by atoms with Crippen LogP contribution in [0.5, 0.6) is 0 Å². The number of hydrogen-bond acceptors (Lipinski definition) is 3. The van der Waals surface area contributed by atoms with Crippen molar-refractivity contribution in [2.24, 2.45) is 0 Å². The smallest absolute Gasteiger partial charge is 0.125 e. The fraction of sp³-hybridized carbons (Fsp3) is 0.167. The Morgan fingerprint density at radius 2 is 1.83 bits per heavy atom. The zero-order valence-electron chi connectivity index (χ0n) is 9.54. The van der Waals surface area contributed by atoms with E-state index in [0.717, 1.165) is 30.6 Å². The third kappa shape index (κ3) is 3.52. The minimum atomic E-state index is 0.655. The highest BCUT2D eigenvalue weighted by Gasteiger charge is 2.06. The number of nitrogens with zero attached hydrogens (tertiary/aromatic N) is 2. The van der Waals surface area contributed by atoms with Crippen molar-refractivity contribution in [1.82, 2.24) is 9.97 Å². The summed E-state index contributed by atoms with van der Waals surface area (Å²) in [6.45, 7) is 2.54. The van der Waals surface area contributed by atoms with Gasteiger partial charge in [-0.3, -0.25) is 0 Å². The number of hydrogen-bond donors (Lipinski definition) is 1. The van der Waals surface area contributed by atoms with Crippen molar-refractivity contribution in [2.45, 2.75) is 13.5 Å². The molecule has 0 fully saturated rings. The van der Waals surface area contributed by atoms with E-state index in [1.54, 1.807) is 6.20 Å². The Bertz CT molecular complexity index is 549. The first-order valence-electron chi connectivity index (χ1n) is 5.23. The van der Waals surface area contributed by atoms with Crippen LogP contribution in [0, 0.1) is 6.92 Å². The van der Waals surface area contributed by atoms with Crippen LogP contribution in [0.15, 0.2) is 37.8 Å². The lowest BCUT2D eigenvalue weighted by molar-refractivity contribution is 0.954. The number of rotatable bonds is 3. The Labute approximate surface area is 131 Å². The first kappa shape index (κ1) is 14.0. The van der Waals surface area contributed by atoms with E-state index in [4.69, 9.17) is 0 Å². The van der Waals surface area contributed by atoms with Crippen LogP contribution < -0.4 is 5.32 Å². The normalized spacial score (nSPS) is 10.4. The first-order valence-corrected chi connectivity index (χ1v) is 7.61. The summed E-state index contributed by atoms with van der Waals surface area (Å²) >= 11 is 10.5. The van der Waals surface area contributed by atoms with Crippen molar-refractivity contribution >= 4 is 53.5 Å². The average molecular weight is 436 g/mol. The van der Waals surface area contributed by atoms with Crippen LogP contribution in [0.4, 0.5) is 5.69 Å². The lowest BCUT2D eigenvalue weighted by Crippen LogP contribution is -2.04. The molecule has 0 aliphatic rings. The van der Waals surface area contributed by atoms with Gasteiger partial charge in [0, 0.05) is 19.6 Å². The summed E-state index contributed by atoms with van der Waals surface area (Å²) in [7, 11) is 0. The molecule has 0 spiro atoms. The van der Waals surface area contributed by atoms with E-state index in [1.165, 1.54) is 0 Å². The van der Waals surface area contributed by atoms with Gasteiger partial charge in [-0.2, -0.15) is 0 Å². The largest absolute Gasteiger partial charge is 0.378 e. The Morgan fingerprint density at radius 1 is 1.17 bits per heavy atom. The van der Waals surface area contributed by atoms with Crippen LogP contribution in [-0.4, -0.2) is 9.97 Å². The van der Waals surface area contributed by atoms with Gasteiger partial charge in [0.1, 0.15) is 5.82 Å². The fourth-order valence-electron chi connectivity index (χ4n) is 1.49. The predicted octanol–water partition coefficient (Wildman–Crippen LogP) is 4.68. The molecular formula is C12H10Br3N3. The lowest BCUT2D eigenvalue weighted by atomic mass is 10.3. The Morgan fingerprint density at radius 3 is 2.44 bits per heavy atom. The van der Waals surface area contributed by atoms with Gasteiger partial charge in [-0.25, -0.2) is 9.97 Å². The van der Waals surface area contributed by atoms with Gasteiger partial charge >= 0.3 is 0 Å². The molecule has 0 aliphatic heterocycles. The van der Waals surface area contributed by atoms with Crippen molar-refractivity contribution in [3.63, 3.8) is 0 Å². The third-order valence-corrected chi connectivity index (χ3v) is 4.00. The van der Waals surface area contributed by atoms with Crippen molar-refractivity contribution in [3.05, 3.63) is 49.3 Å². The van der Waals surface area contributed by atoms with Crippen LogP contribution in [0.1, 0.15) is 11.5 Å². The van der Waals surface area contributed by atoms with E-state index in [1.807, 2.05) is 25.1 Å². The van der Waals surface area contributed by atoms with Gasteiger partial charge in [0.15, 0.2) is 0 Å². The second-order valence-corrected chi connectivity index (χ2v) is 6.32. The van der Waals surface area contributed by atoms with E-state index in [9.17, 15) is 0 Å². The van der Waals surface area contributed by atoms with Crippen LogP contribution >= 0.6 is 47.8 Å². The zero-order valence-corrected chi connectivity index (χ0v) is 14.3. The third-order valence-electron chi connectivity index (χ3n) is 2.29. The van der Waals surface area contributed by atoms with Crippen molar-refractivity contribution < 1.29 is 0 Å². The molecule has 0 saturated heterocycles. The minimum Gasteiger partial charge on any atom is -0.378 e. The van der Waals surface area contributed by atoms with Crippen molar-refractivity contribution in [2.75, 3.05) is 5.32 Å². The maximum Gasteiger partial charge on any atom is 0.125 e. The van der Waals surface area contributed by atoms with Crippen molar-refractivity contribution in [3.8, 4) is 0 Å². The second-order valence-electron chi connectivity index (χ2n) is 3.69. The summed E-state index contributed by atoms with van der Waals surface area (Å²) in [6.07, 6.45) is 1.77. The van der Waals surface area contributed by atoms with E-state index in [0.29, 0.717) is 6.54 Å². The number of anilines is 1. The van der Waals surface area contributed by atoms with E-state index < -0.39 is 0 Å². The molecule has 1 heterocycles. The van der Waals surface area contributed by atoms with Gasteiger partial charge in [0.2, 0.25) is 0 Å². The molecule has 0 atom stereocenters. The fourth-order valence-corrected chi connectivity index (χ4v) is 4.03. The Hall–Kier alpha value is -0.460. The van der Waals surface area contributed by atoms with Gasteiger partial charge < -0.3 is 5.32 Å². The molecule has 1 aromatic heterocycles. The molecular weight excluding hydrogens is 426 g/mol. The molecule has 0 saturated carbocycles. The monoisotopic (exact) mass is 433 g/mol. The van der Waals surface area contributed by atoms with Crippen molar-refractivity contribution in [1.29, 1.82) is 0 Å². The summed E-state index contributed by atoms with van der Waals surface area (Å²) in [5, 5.41) is 3.35. The number of aromatic nitrogens is 2. The summed E-state index contributed by atoms with van der Waals surface area (Å²) in [4.78, 5) is 8.43. The molecule has 2 aromatic rings. The van der Waals surface area contributed by atoms with Crippen LogP contribution in [0.25, 0.3) is 0 Å². The molecule has 2 rings (SSSR count). The molecule has 0 unspecified atom stereocenters. The van der Waals surface area contributed by atoms with Gasteiger partial charge in [-0.1, -0.05) is 15.9 Å². The first-order chi connectivity index (χ1) is 8.56. The van der Waals surface area contributed by atoms with Gasteiger partial charge in [-0.15, -0.1) is 0 Å². The quantitative estimate of drug-likeness (QED) is 0.760. The standard InChI is InChI=1S/C12H10Br3N3/c1-7-16-3-2-9(18-7)6-17-12-10(14)4-8(13)5-11(12)15/h2-5,17H,6H2,1H3. The van der Waals surface area contributed by atoms with Crippen LogP contribution in [-0.2, 0) is 6.54 Å². The molecule has 18 heavy (non-hydrogen) atoms. The Kier molecular flexibility index (Phi) is 4.75. The maximum absolute atomic E-state index is 4.35. The summed E-state index contributed by atoms with van der Waals surface area (Å²) in [6, 6.07) is 5.90. The van der Waals surface area contributed by atoms with E-state index >= 15 is 0 Å². The molecule has 0 aliphatic carbocycles. The predicted molar refractivity (Wildman–Crippen MR) is 83.6 cm³/mol. The van der Waals surface area contributed by atoms with Gasteiger partial charge in [0.25, 0.3) is 0 Å². The molecule has 3 nitrogen and oxygen atoms in total. The van der Waals surface area contributed by atoms with Gasteiger partial charge in [-0.05, 0) is 57.0 Å². The Balaban J connectivity index is 2.16. The van der Waals surface area contributed by atoms with Crippen LogP contribution in [0.2, 0.25) is 0 Å². The number of nitrogens with one attached hydrogen (secondary N) is 1. The second kappa shape index (κ2) is 6.12. The minimum absolute atomic E-state index is 0.655. The molecule has 6 heteroatoms. The lowest BCUT2D eigenvalue weighted by Gasteiger charge is -2.11. The summed E-state index contributed by atoms with van der Waals surface area (Å²) in [5.41, 5.74) is 1.97. The summed E-state index contributed by atoms with van der Waals surface area (Å²) in [5.74, 6) is 0.781. The van der Waals surface area contributed by atoms with E-state index in [2.05, 4.69) is 63.1 Å². The molecule has 0 amide bonds. The summed E-state index contributed by atoms with van der Waals surface area (Å²) < 4.78 is 3.01. The average Bonchev–Trinajstić information content (AvgIpc) is 2.27. The topological polar surface area (TPSA) is 37.8 Å². The van der Waals surface area contributed by atoms with Crippen LogP contribution in [0.3, 0.4) is 0 Å². The maximum atomic E-state index is 4.35. The van der Waals surface area contributed by atoms with E-state index in [-0.39, 0.29) is 0 Å². The molecule has 94 valence electrons. The number of halogens is 3. The number of aryl methyl sites for hydroxylation is 1. The number of benzene rings is 1. The molecule has 1 aromatic carbocycles. The molecule has 0 radical (unpaired) electrons. The SMILES string of the molecule is Cc1nccc(CNc2c(Br)cc(Br)cc2Br)n1. The molecule has 0 bridgehead atoms.